The first-order valence-electron chi connectivity index (χ1n) is 9.79. The maximum atomic E-state index is 12.8. The number of rotatable bonds is 6. The third-order valence-electron chi connectivity index (χ3n) is 4.95. The van der Waals surface area contributed by atoms with E-state index in [1.54, 1.807) is 43.5 Å². The molecule has 2 heterocycles. The molecule has 32 heavy (non-hydrogen) atoms. The van der Waals surface area contributed by atoms with Crippen molar-refractivity contribution in [3.8, 4) is 0 Å². The Balaban J connectivity index is 1.55. The first kappa shape index (κ1) is 22.3. The molecule has 0 aliphatic carbocycles. The molecule has 0 aliphatic rings. The molecule has 4 aromatic rings. The molecule has 0 saturated carbocycles. The average Bonchev–Trinajstić information content (AvgIpc) is 3.21. The van der Waals surface area contributed by atoms with Crippen LogP contribution >= 0.6 is 34.5 Å². The molecule has 0 radical (unpaired) electrons. The first-order valence-corrected chi connectivity index (χ1v) is 11.4. The van der Waals surface area contributed by atoms with Crippen LogP contribution in [-0.4, -0.2) is 20.0 Å². The predicted octanol–water partition coefficient (Wildman–Crippen LogP) is 4.18. The fourth-order valence-corrected chi connectivity index (χ4v) is 4.66. The summed E-state index contributed by atoms with van der Waals surface area (Å²) >= 11 is 13.6. The molecule has 2 aromatic heterocycles. The molecular weight excluding hydrogens is 471 g/mol. The van der Waals surface area contributed by atoms with Crippen molar-refractivity contribution in [3.63, 3.8) is 0 Å². The maximum absolute atomic E-state index is 12.8. The summed E-state index contributed by atoms with van der Waals surface area (Å²) in [6.45, 7) is 1.69. The van der Waals surface area contributed by atoms with Crippen LogP contribution in [-0.2, 0) is 24.3 Å². The minimum Gasteiger partial charge on any atom is -0.300 e. The Morgan fingerprint density at radius 3 is 2.66 bits per heavy atom. The summed E-state index contributed by atoms with van der Waals surface area (Å²) in [4.78, 5) is 43.2. The lowest BCUT2D eigenvalue weighted by Crippen LogP contribution is -2.41. The van der Waals surface area contributed by atoms with Crippen LogP contribution in [0.25, 0.3) is 10.9 Å². The van der Waals surface area contributed by atoms with Crippen molar-refractivity contribution in [3.05, 3.63) is 90.0 Å². The predicted molar refractivity (Wildman–Crippen MR) is 128 cm³/mol. The second-order valence-electron chi connectivity index (χ2n) is 7.00. The number of fused-ring (bicyclic) bond motifs is 1. The van der Waals surface area contributed by atoms with Gasteiger partial charge in [0.15, 0.2) is 5.13 Å². The first-order chi connectivity index (χ1) is 15.4. The maximum Gasteiger partial charge on any atom is 0.331 e. The quantitative estimate of drug-likeness (QED) is 0.441. The highest BCUT2D eigenvalue weighted by Crippen LogP contribution is 2.29. The van der Waals surface area contributed by atoms with E-state index >= 15 is 0 Å². The molecule has 2 aromatic carbocycles. The van der Waals surface area contributed by atoms with E-state index in [-0.39, 0.29) is 18.6 Å². The van der Waals surface area contributed by atoms with Gasteiger partial charge < -0.3 is 5.32 Å². The Kier molecular flexibility index (Phi) is 6.45. The summed E-state index contributed by atoms with van der Waals surface area (Å²) in [5.74, 6) is -0.416. The van der Waals surface area contributed by atoms with Crippen molar-refractivity contribution in [1.82, 2.24) is 14.1 Å². The van der Waals surface area contributed by atoms with Crippen LogP contribution in [0.2, 0.25) is 10.0 Å². The minimum absolute atomic E-state index is 0.214. The third kappa shape index (κ3) is 4.34. The minimum atomic E-state index is -0.526. The molecule has 10 heteroatoms. The number of halogens is 2. The zero-order chi connectivity index (χ0) is 22.8. The fourth-order valence-electron chi connectivity index (χ4n) is 3.42. The van der Waals surface area contributed by atoms with Gasteiger partial charge in [-0.15, -0.1) is 11.3 Å². The average molecular weight is 489 g/mol. The number of anilines is 1. The zero-order valence-electron chi connectivity index (χ0n) is 17.0. The standard InChI is InChI=1S/C22H18Cl2N4O3S/c1-2-27-20(30)15-7-3-4-9-17(15)28(22(27)31)12-18(29)26-21-25-11-14(32-21)10-13-6-5-8-16(23)19(13)24/h3-9,11H,2,10,12H2,1H3,(H,25,26,29). The molecule has 0 atom stereocenters. The van der Waals surface area contributed by atoms with E-state index in [2.05, 4.69) is 10.3 Å². The Bertz CT molecular complexity index is 1440. The second-order valence-corrected chi connectivity index (χ2v) is 8.91. The number of amides is 1. The summed E-state index contributed by atoms with van der Waals surface area (Å²) in [6, 6.07) is 12.2. The van der Waals surface area contributed by atoms with Crippen molar-refractivity contribution < 1.29 is 4.79 Å². The third-order valence-corrected chi connectivity index (χ3v) is 6.72. The van der Waals surface area contributed by atoms with Gasteiger partial charge in [0.05, 0.1) is 20.9 Å². The van der Waals surface area contributed by atoms with Crippen LogP contribution in [0.15, 0.2) is 58.3 Å². The normalized spacial score (nSPS) is 11.1. The highest BCUT2D eigenvalue weighted by Gasteiger charge is 2.16. The summed E-state index contributed by atoms with van der Waals surface area (Å²) in [5.41, 5.74) is 0.383. The summed E-state index contributed by atoms with van der Waals surface area (Å²) in [5, 5.41) is 4.49. The molecule has 0 aliphatic heterocycles. The van der Waals surface area contributed by atoms with Crippen LogP contribution in [0, 0.1) is 0 Å². The van der Waals surface area contributed by atoms with E-state index in [9.17, 15) is 14.4 Å². The number of thiazole rings is 1. The number of aromatic nitrogens is 3. The van der Waals surface area contributed by atoms with E-state index in [1.807, 2.05) is 12.1 Å². The Hall–Kier alpha value is -2.94. The molecule has 7 nitrogen and oxygen atoms in total. The van der Waals surface area contributed by atoms with E-state index < -0.39 is 11.6 Å². The van der Waals surface area contributed by atoms with E-state index in [1.165, 1.54) is 15.9 Å². The van der Waals surface area contributed by atoms with Crippen LogP contribution in [0.3, 0.4) is 0 Å². The van der Waals surface area contributed by atoms with Gasteiger partial charge in [-0.25, -0.2) is 9.78 Å². The molecule has 4 rings (SSSR count). The van der Waals surface area contributed by atoms with Crippen molar-refractivity contribution in [2.45, 2.75) is 26.4 Å². The number of nitrogens with one attached hydrogen (secondary N) is 1. The lowest BCUT2D eigenvalue weighted by atomic mass is 10.1. The number of hydrogen-bond donors (Lipinski definition) is 1. The smallest absolute Gasteiger partial charge is 0.300 e. The van der Waals surface area contributed by atoms with Crippen LogP contribution < -0.4 is 16.6 Å². The van der Waals surface area contributed by atoms with Crippen LogP contribution in [0.5, 0.6) is 0 Å². The number of hydrogen-bond acceptors (Lipinski definition) is 5. The number of carbonyl (C=O) groups is 1. The SMILES string of the molecule is CCn1c(=O)c2ccccc2n(CC(=O)Nc2ncc(Cc3cccc(Cl)c3Cl)s2)c1=O. The van der Waals surface area contributed by atoms with Crippen LogP contribution in [0.4, 0.5) is 5.13 Å². The summed E-state index contributed by atoms with van der Waals surface area (Å²) < 4.78 is 2.42. The van der Waals surface area contributed by atoms with Gasteiger partial charge in [-0.2, -0.15) is 0 Å². The second kappa shape index (κ2) is 9.28. The Labute approximate surface area is 196 Å². The number of para-hydroxylation sites is 1. The number of benzene rings is 2. The molecule has 0 fully saturated rings. The van der Waals surface area contributed by atoms with Crippen molar-refractivity contribution in [2.24, 2.45) is 0 Å². The van der Waals surface area contributed by atoms with E-state index in [4.69, 9.17) is 23.2 Å². The Morgan fingerprint density at radius 1 is 1.09 bits per heavy atom. The zero-order valence-corrected chi connectivity index (χ0v) is 19.3. The van der Waals surface area contributed by atoms with Gasteiger partial charge in [-0.1, -0.05) is 47.5 Å². The van der Waals surface area contributed by atoms with Gasteiger partial charge in [-0.3, -0.25) is 18.7 Å². The molecule has 1 amide bonds. The van der Waals surface area contributed by atoms with Gasteiger partial charge in [-0.05, 0) is 30.7 Å². The monoisotopic (exact) mass is 488 g/mol. The van der Waals surface area contributed by atoms with E-state index in [0.717, 1.165) is 15.0 Å². The van der Waals surface area contributed by atoms with Crippen LogP contribution in [0.1, 0.15) is 17.4 Å². The highest BCUT2D eigenvalue weighted by atomic mass is 35.5. The largest absolute Gasteiger partial charge is 0.331 e. The van der Waals surface area contributed by atoms with Gasteiger partial charge in [0, 0.05) is 24.0 Å². The lowest BCUT2D eigenvalue weighted by molar-refractivity contribution is -0.116. The lowest BCUT2D eigenvalue weighted by Gasteiger charge is -2.12. The van der Waals surface area contributed by atoms with E-state index in [0.29, 0.717) is 32.5 Å². The molecule has 0 spiro atoms. The van der Waals surface area contributed by atoms with Crippen molar-refractivity contribution in [1.29, 1.82) is 0 Å². The molecule has 1 N–H and O–H groups in total. The highest BCUT2D eigenvalue weighted by molar-refractivity contribution is 7.15. The topological polar surface area (TPSA) is 86.0 Å². The van der Waals surface area contributed by atoms with Gasteiger partial charge in [0.1, 0.15) is 6.54 Å². The van der Waals surface area contributed by atoms with Gasteiger partial charge in [0.25, 0.3) is 5.56 Å². The Morgan fingerprint density at radius 2 is 1.88 bits per heavy atom. The van der Waals surface area contributed by atoms with Gasteiger partial charge >= 0.3 is 5.69 Å². The molecule has 0 saturated heterocycles. The number of nitrogens with zero attached hydrogens (tertiary/aromatic N) is 3. The molecule has 0 unspecified atom stereocenters. The number of carbonyl (C=O) groups excluding carboxylic acids is 1. The molecular formula is C22H18Cl2N4O3S. The summed E-state index contributed by atoms with van der Waals surface area (Å²) in [7, 11) is 0. The summed E-state index contributed by atoms with van der Waals surface area (Å²) in [6.07, 6.45) is 2.19. The van der Waals surface area contributed by atoms with Crippen molar-refractivity contribution >= 4 is 56.5 Å². The fraction of sp³-hybridized carbons (Fsp3) is 0.182. The van der Waals surface area contributed by atoms with Crippen molar-refractivity contribution in [2.75, 3.05) is 5.32 Å². The van der Waals surface area contributed by atoms with Gasteiger partial charge in [0.2, 0.25) is 5.91 Å². The molecule has 0 bridgehead atoms. The molecule has 164 valence electrons.